The van der Waals surface area contributed by atoms with Crippen molar-refractivity contribution in [1.29, 1.82) is 0 Å². The Bertz CT molecular complexity index is 866. The summed E-state index contributed by atoms with van der Waals surface area (Å²) in [5.41, 5.74) is 0.230. The molecule has 8 heteroatoms. The van der Waals surface area contributed by atoms with E-state index in [4.69, 9.17) is 14.2 Å². The SMILES string of the molecule is C=CCOC(=O)CCCC1CCC(P(C2CCCCC2)C2CCCCC2)C(N(C(=O)OC(C)(C)C)C(=O)OC(C)(C)C)C1. The lowest BCUT2D eigenvalue weighted by Crippen LogP contribution is -2.55. The van der Waals surface area contributed by atoms with Crippen LogP contribution in [0, 0.1) is 5.92 Å². The molecule has 2 amide bonds. The van der Waals surface area contributed by atoms with Crippen LogP contribution in [0.1, 0.15) is 144 Å². The van der Waals surface area contributed by atoms with Crippen LogP contribution in [-0.4, -0.2) is 63.9 Å². The number of ether oxygens (including phenoxy) is 3. The van der Waals surface area contributed by atoms with Gasteiger partial charge in [0, 0.05) is 12.1 Å². The number of carbonyl (C=O) groups excluding carboxylic acids is 3. The van der Waals surface area contributed by atoms with Crippen LogP contribution in [-0.2, 0) is 19.0 Å². The summed E-state index contributed by atoms with van der Waals surface area (Å²) >= 11 is 0. The monoisotopic (exact) mass is 621 g/mol. The Labute approximate surface area is 263 Å². The van der Waals surface area contributed by atoms with Crippen LogP contribution in [0.3, 0.4) is 0 Å². The summed E-state index contributed by atoms with van der Waals surface area (Å²) < 4.78 is 17.0. The first-order valence-corrected chi connectivity index (χ1v) is 18.6. The topological polar surface area (TPSA) is 82.1 Å². The molecule has 3 atom stereocenters. The molecular weight excluding hydrogens is 561 g/mol. The number of imide groups is 1. The second-order valence-electron chi connectivity index (χ2n) is 15.0. The van der Waals surface area contributed by atoms with Crippen LogP contribution in [0.15, 0.2) is 12.7 Å². The minimum atomic E-state index is -0.732. The van der Waals surface area contributed by atoms with Crippen molar-refractivity contribution in [3.63, 3.8) is 0 Å². The first kappa shape index (κ1) is 35.9. The molecule has 43 heavy (non-hydrogen) atoms. The van der Waals surface area contributed by atoms with E-state index in [2.05, 4.69) is 6.58 Å². The van der Waals surface area contributed by atoms with Gasteiger partial charge < -0.3 is 14.2 Å². The number of nitrogens with zero attached hydrogens (tertiary/aromatic N) is 1. The second-order valence-corrected chi connectivity index (χ2v) is 18.1. The molecule has 3 aliphatic carbocycles. The Morgan fingerprint density at radius 1 is 0.791 bits per heavy atom. The van der Waals surface area contributed by atoms with Crippen molar-refractivity contribution in [2.45, 2.75) is 178 Å². The number of amides is 2. The lowest BCUT2D eigenvalue weighted by Gasteiger charge is -2.50. The zero-order chi connectivity index (χ0) is 31.6. The third-order valence-electron chi connectivity index (χ3n) is 9.13. The number of carbonyl (C=O) groups is 3. The van der Waals surface area contributed by atoms with Gasteiger partial charge in [0.2, 0.25) is 0 Å². The molecule has 3 aliphatic rings. The van der Waals surface area contributed by atoms with E-state index in [9.17, 15) is 14.4 Å². The predicted molar refractivity (Wildman–Crippen MR) is 175 cm³/mol. The van der Waals surface area contributed by atoms with Crippen LogP contribution in [0.25, 0.3) is 0 Å². The van der Waals surface area contributed by atoms with Gasteiger partial charge in [-0.3, -0.25) is 4.79 Å². The van der Waals surface area contributed by atoms with E-state index < -0.39 is 31.3 Å². The highest BCUT2D eigenvalue weighted by Gasteiger charge is 2.48. The van der Waals surface area contributed by atoms with Crippen molar-refractivity contribution in [1.82, 2.24) is 4.90 Å². The maximum Gasteiger partial charge on any atom is 0.420 e. The average molecular weight is 622 g/mol. The van der Waals surface area contributed by atoms with Crippen molar-refractivity contribution >= 4 is 26.1 Å². The van der Waals surface area contributed by atoms with Crippen molar-refractivity contribution < 1.29 is 28.6 Å². The summed E-state index contributed by atoms with van der Waals surface area (Å²) in [6, 6.07) is -0.258. The van der Waals surface area contributed by atoms with Crippen molar-refractivity contribution in [2.75, 3.05) is 6.61 Å². The molecule has 0 bridgehead atoms. The maximum absolute atomic E-state index is 14.0. The van der Waals surface area contributed by atoms with Gasteiger partial charge in [0.1, 0.15) is 17.8 Å². The summed E-state index contributed by atoms with van der Waals surface area (Å²) in [6.45, 7) is 14.9. The summed E-state index contributed by atoms with van der Waals surface area (Å²) in [7, 11) is -0.393. The van der Waals surface area contributed by atoms with Gasteiger partial charge in [-0.25, -0.2) is 14.5 Å². The summed E-state index contributed by atoms with van der Waals surface area (Å²) in [5, 5.41) is 0. The van der Waals surface area contributed by atoms with Crippen LogP contribution >= 0.6 is 7.92 Å². The van der Waals surface area contributed by atoms with Crippen LogP contribution in [0.4, 0.5) is 9.59 Å². The maximum atomic E-state index is 14.0. The number of hydrogen-bond donors (Lipinski definition) is 0. The molecule has 3 saturated carbocycles. The van der Waals surface area contributed by atoms with Gasteiger partial charge in [-0.1, -0.05) is 59.1 Å². The quantitative estimate of drug-likeness (QED) is 0.105. The van der Waals surface area contributed by atoms with Gasteiger partial charge in [-0.2, -0.15) is 0 Å². The highest BCUT2D eigenvalue weighted by Crippen LogP contribution is 2.63. The molecule has 246 valence electrons. The molecule has 0 saturated heterocycles. The third kappa shape index (κ3) is 11.7. The third-order valence-corrected chi connectivity index (χ3v) is 13.2. The molecule has 0 aromatic heterocycles. The van der Waals surface area contributed by atoms with E-state index in [1.807, 2.05) is 41.5 Å². The second kappa shape index (κ2) is 16.6. The van der Waals surface area contributed by atoms with E-state index in [1.54, 1.807) is 6.08 Å². The molecular formula is C35H60NO6P. The molecule has 0 aromatic carbocycles. The van der Waals surface area contributed by atoms with Crippen molar-refractivity contribution in [3.05, 3.63) is 12.7 Å². The molecule has 7 nitrogen and oxygen atoms in total. The molecule has 0 spiro atoms. The Morgan fingerprint density at radius 2 is 1.30 bits per heavy atom. The zero-order valence-electron chi connectivity index (χ0n) is 28.0. The highest BCUT2D eigenvalue weighted by molar-refractivity contribution is 7.60. The number of rotatable bonds is 10. The standard InChI is InChI=1S/C35H60NO6P/c1-8-24-40-31(37)21-15-16-26-22-23-30(43(27-17-11-9-12-18-27)28-19-13-10-14-20-28)29(25-26)36(32(38)41-34(2,3)4)33(39)42-35(5,6)7/h8,26-30H,1,9-25H2,2-7H3. The highest BCUT2D eigenvalue weighted by atomic mass is 31.1. The molecule has 0 N–H and O–H groups in total. The van der Waals surface area contributed by atoms with Crippen molar-refractivity contribution in [3.8, 4) is 0 Å². The largest absolute Gasteiger partial charge is 0.461 e. The number of hydrogen-bond acceptors (Lipinski definition) is 6. The zero-order valence-corrected chi connectivity index (χ0v) is 28.9. The fourth-order valence-electron chi connectivity index (χ4n) is 7.43. The van der Waals surface area contributed by atoms with Crippen LogP contribution in [0.2, 0.25) is 0 Å². The lowest BCUT2D eigenvalue weighted by molar-refractivity contribution is -0.142. The normalized spacial score (nSPS) is 24.3. The first-order valence-electron chi connectivity index (χ1n) is 17.1. The summed E-state index contributed by atoms with van der Waals surface area (Å²) in [6.07, 6.45) is 18.1. The first-order chi connectivity index (χ1) is 20.3. The smallest absolute Gasteiger partial charge is 0.420 e. The van der Waals surface area contributed by atoms with Crippen LogP contribution < -0.4 is 0 Å². The molecule has 3 rings (SSSR count). The van der Waals surface area contributed by atoms with E-state index in [1.165, 1.54) is 69.1 Å². The minimum Gasteiger partial charge on any atom is -0.461 e. The molecule has 0 heterocycles. The Hall–Kier alpha value is -1.62. The van der Waals surface area contributed by atoms with Gasteiger partial charge in [-0.05, 0) is 117 Å². The Balaban J connectivity index is 1.95. The van der Waals surface area contributed by atoms with E-state index in [0.717, 1.165) is 32.1 Å². The Kier molecular flexibility index (Phi) is 13.9. The van der Waals surface area contributed by atoms with E-state index >= 15 is 0 Å². The predicted octanol–water partition coefficient (Wildman–Crippen LogP) is 9.74. The average Bonchev–Trinajstić information content (AvgIpc) is 2.92. The molecule has 0 aromatic rings. The fourth-order valence-corrected chi connectivity index (χ4v) is 12.1. The summed E-state index contributed by atoms with van der Waals surface area (Å²) in [4.78, 5) is 41.5. The van der Waals surface area contributed by atoms with Gasteiger partial charge in [0.05, 0.1) is 6.04 Å². The minimum absolute atomic E-state index is 0.201. The molecule has 0 aliphatic heterocycles. The van der Waals surface area contributed by atoms with Gasteiger partial charge in [0.15, 0.2) is 0 Å². The number of esters is 1. The van der Waals surface area contributed by atoms with Crippen LogP contribution in [0.5, 0.6) is 0 Å². The van der Waals surface area contributed by atoms with E-state index in [0.29, 0.717) is 23.7 Å². The van der Waals surface area contributed by atoms with Gasteiger partial charge in [0.25, 0.3) is 0 Å². The molecule has 3 fully saturated rings. The Morgan fingerprint density at radius 3 is 1.77 bits per heavy atom. The molecule has 3 unspecified atom stereocenters. The fraction of sp³-hybridized carbons (Fsp3) is 0.857. The summed E-state index contributed by atoms with van der Waals surface area (Å²) in [5.74, 6) is 0.114. The van der Waals surface area contributed by atoms with E-state index in [-0.39, 0.29) is 24.3 Å². The van der Waals surface area contributed by atoms with Gasteiger partial charge >= 0.3 is 18.2 Å². The molecule has 0 radical (unpaired) electrons. The lowest BCUT2D eigenvalue weighted by atomic mass is 9.81. The van der Waals surface area contributed by atoms with Gasteiger partial charge in [-0.15, -0.1) is 0 Å². The van der Waals surface area contributed by atoms with Crippen molar-refractivity contribution in [2.24, 2.45) is 5.92 Å².